The Bertz CT molecular complexity index is 599. The minimum atomic E-state index is -1.16. The molecule has 2 rings (SSSR count). The summed E-state index contributed by atoms with van der Waals surface area (Å²) in [7, 11) is 0. The topological polar surface area (TPSA) is 92.2 Å². The molecular formula is C13H11N3O3. The van der Waals surface area contributed by atoms with Gasteiger partial charge >= 0.3 is 5.97 Å². The zero-order chi connectivity index (χ0) is 13.7. The van der Waals surface area contributed by atoms with Crippen molar-refractivity contribution in [2.24, 2.45) is 0 Å². The van der Waals surface area contributed by atoms with Crippen LogP contribution in [0.5, 0.6) is 0 Å². The number of aromatic nitrogens is 2. The van der Waals surface area contributed by atoms with Crippen LogP contribution in [0.2, 0.25) is 0 Å². The molecule has 0 aliphatic rings. The van der Waals surface area contributed by atoms with E-state index in [9.17, 15) is 9.59 Å². The third-order valence-electron chi connectivity index (χ3n) is 2.42. The molecule has 2 heterocycles. The quantitative estimate of drug-likeness (QED) is 0.855. The molecular weight excluding hydrogens is 246 g/mol. The molecule has 0 spiro atoms. The van der Waals surface area contributed by atoms with Crippen LogP contribution in [0.15, 0.2) is 42.9 Å². The molecule has 0 aromatic carbocycles. The summed E-state index contributed by atoms with van der Waals surface area (Å²) >= 11 is 0. The van der Waals surface area contributed by atoms with Gasteiger partial charge in [0.1, 0.15) is 5.69 Å². The van der Waals surface area contributed by atoms with Gasteiger partial charge in [0.2, 0.25) is 0 Å². The van der Waals surface area contributed by atoms with E-state index in [2.05, 4.69) is 15.3 Å². The van der Waals surface area contributed by atoms with Gasteiger partial charge in [-0.05, 0) is 23.8 Å². The molecule has 0 unspecified atom stereocenters. The second-order valence-corrected chi connectivity index (χ2v) is 3.78. The molecule has 0 saturated heterocycles. The van der Waals surface area contributed by atoms with Crippen LogP contribution < -0.4 is 5.32 Å². The summed E-state index contributed by atoms with van der Waals surface area (Å²) in [6.45, 7) is 0.331. The third kappa shape index (κ3) is 3.35. The number of carboxylic acid groups (broad SMARTS) is 1. The highest BCUT2D eigenvalue weighted by Gasteiger charge is 2.10. The minimum Gasteiger partial charge on any atom is -0.477 e. The molecule has 0 aliphatic carbocycles. The van der Waals surface area contributed by atoms with E-state index in [1.807, 2.05) is 6.07 Å². The van der Waals surface area contributed by atoms with Gasteiger partial charge in [-0.15, -0.1) is 0 Å². The van der Waals surface area contributed by atoms with Gasteiger partial charge in [-0.3, -0.25) is 9.78 Å². The van der Waals surface area contributed by atoms with Gasteiger partial charge in [0, 0.05) is 30.7 Å². The molecule has 0 radical (unpaired) electrons. The molecule has 6 heteroatoms. The van der Waals surface area contributed by atoms with Crippen LogP contribution in [0.4, 0.5) is 0 Å². The fraction of sp³-hybridized carbons (Fsp3) is 0.0769. The maximum atomic E-state index is 11.8. The van der Waals surface area contributed by atoms with Crippen molar-refractivity contribution in [2.45, 2.75) is 6.54 Å². The summed E-state index contributed by atoms with van der Waals surface area (Å²) in [6, 6.07) is 6.31. The second-order valence-electron chi connectivity index (χ2n) is 3.78. The highest BCUT2D eigenvalue weighted by molar-refractivity contribution is 5.96. The average Bonchev–Trinajstić information content (AvgIpc) is 2.46. The van der Waals surface area contributed by atoms with Gasteiger partial charge in [0.05, 0.1) is 0 Å². The van der Waals surface area contributed by atoms with Crippen molar-refractivity contribution in [3.8, 4) is 0 Å². The fourth-order valence-corrected chi connectivity index (χ4v) is 1.48. The van der Waals surface area contributed by atoms with Crippen molar-refractivity contribution in [1.82, 2.24) is 15.3 Å². The molecule has 96 valence electrons. The number of carboxylic acids is 1. The molecule has 0 bridgehead atoms. The summed E-state index contributed by atoms with van der Waals surface area (Å²) in [4.78, 5) is 30.2. The number of nitrogens with one attached hydrogen (secondary N) is 1. The van der Waals surface area contributed by atoms with E-state index in [0.29, 0.717) is 6.54 Å². The van der Waals surface area contributed by atoms with E-state index in [1.165, 1.54) is 18.3 Å². The molecule has 2 aromatic rings. The SMILES string of the molecule is O=C(NCc1cccnc1)c1ccnc(C(=O)O)c1. The molecule has 0 saturated carbocycles. The predicted octanol–water partition coefficient (Wildman–Crippen LogP) is 1.10. The fourth-order valence-electron chi connectivity index (χ4n) is 1.48. The lowest BCUT2D eigenvalue weighted by Crippen LogP contribution is -2.23. The lowest BCUT2D eigenvalue weighted by molar-refractivity contribution is 0.0690. The van der Waals surface area contributed by atoms with E-state index in [4.69, 9.17) is 5.11 Å². The summed E-state index contributed by atoms with van der Waals surface area (Å²) < 4.78 is 0. The van der Waals surface area contributed by atoms with E-state index >= 15 is 0 Å². The van der Waals surface area contributed by atoms with Crippen molar-refractivity contribution >= 4 is 11.9 Å². The Morgan fingerprint density at radius 3 is 2.79 bits per heavy atom. The number of hydrogen-bond acceptors (Lipinski definition) is 4. The molecule has 6 nitrogen and oxygen atoms in total. The standard InChI is InChI=1S/C13H11N3O3/c17-12(16-8-9-2-1-4-14-7-9)10-3-5-15-11(6-10)13(18)19/h1-7H,8H2,(H,16,17)(H,18,19). The Balaban J connectivity index is 2.04. The highest BCUT2D eigenvalue weighted by atomic mass is 16.4. The smallest absolute Gasteiger partial charge is 0.354 e. The van der Waals surface area contributed by atoms with Crippen LogP contribution in [0.1, 0.15) is 26.4 Å². The first-order valence-electron chi connectivity index (χ1n) is 5.53. The summed E-state index contributed by atoms with van der Waals surface area (Å²) in [6.07, 6.45) is 4.59. The van der Waals surface area contributed by atoms with Crippen molar-refractivity contribution < 1.29 is 14.7 Å². The number of carbonyl (C=O) groups is 2. The first-order valence-corrected chi connectivity index (χ1v) is 5.53. The molecule has 0 atom stereocenters. The Morgan fingerprint density at radius 2 is 2.11 bits per heavy atom. The first-order chi connectivity index (χ1) is 9.16. The highest BCUT2D eigenvalue weighted by Crippen LogP contribution is 2.03. The molecule has 0 aliphatic heterocycles. The maximum Gasteiger partial charge on any atom is 0.354 e. The number of hydrogen-bond donors (Lipinski definition) is 2. The molecule has 1 amide bonds. The minimum absolute atomic E-state index is 0.158. The Labute approximate surface area is 109 Å². The molecule has 2 aromatic heterocycles. The number of nitrogens with zero attached hydrogens (tertiary/aromatic N) is 2. The predicted molar refractivity (Wildman–Crippen MR) is 66.6 cm³/mol. The average molecular weight is 257 g/mol. The Kier molecular flexibility index (Phi) is 3.82. The number of carbonyl (C=O) groups excluding carboxylic acids is 1. The summed E-state index contributed by atoms with van der Waals surface area (Å²) in [5.74, 6) is -1.52. The van der Waals surface area contributed by atoms with Crippen LogP contribution in [-0.2, 0) is 6.54 Å². The van der Waals surface area contributed by atoms with Crippen molar-refractivity contribution in [3.05, 3.63) is 59.7 Å². The first kappa shape index (κ1) is 12.7. The lowest BCUT2D eigenvalue weighted by Gasteiger charge is -2.05. The molecule has 2 N–H and O–H groups in total. The summed E-state index contributed by atoms with van der Waals surface area (Å²) in [5.41, 5.74) is 0.966. The van der Waals surface area contributed by atoms with Gasteiger partial charge in [-0.1, -0.05) is 6.07 Å². The van der Waals surface area contributed by atoms with Crippen LogP contribution in [0, 0.1) is 0 Å². The summed E-state index contributed by atoms with van der Waals surface area (Å²) in [5, 5.41) is 11.5. The van der Waals surface area contributed by atoms with Crippen molar-refractivity contribution in [1.29, 1.82) is 0 Å². The Morgan fingerprint density at radius 1 is 1.26 bits per heavy atom. The van der Waals surface area contributed by atoms with Crippen molar-refractivity contribution in [3.63, 3.8) is 0 Å². The third-order valence-corrected chi connectivity index (χ3v) is 2.42. The van der Waals surface area contributed by atoms with E-state index in [1.54, 1.807) is 18.5 Å². The maximum absolute atomic E-state index is 11.8. The van der Waals surface area contributed by atoms with Gasteiger partial charge in [-0.2, -0.15) is 0 Å². The van der Waals surface area contributed by atoms with E-state index in [-0.39, 0.29) is 17.2 Å². The van der Waals surface area contributed by atoms with E-state index < -0.39 is 5.97 Å². The largest absolute Gasteiger partial charge is 0.477 e. The lowest BCUT2D eigenvalue weighted by atomic mass is 10.2. The number of pyridine rings is 2. The molecule has 0 fully saturated rings. The zero-order valence-corrected chi connectivity index (χ0v) is 9.91. The zero-order valence-electron chi connectivity index (χ0n) is 9.91. The second kappa shape index (κ2) is 5.72. The van der Waals surface area contributed by atoms with Gasteiger partial charge < -0.3 is 10.4 Å². The van der Waals surface area contributed by atoms with Gasteiger partial charge in [0.15, 0.2) is 0 Å². The number of rotatable bonds is 4. The van der Waals surface area contributed by atoms with Crippen molar-refractivity contribution in [2.75, 3.05) is 0 Å². The van der Waals surface area contributed by atoms with Gasteiger partial charge in [-0.25, -0.2) is 9.78 Å². The Hall–Kier alpha value is -2.76. The number of amides is 1. The van der Waals surface area contributed by atoms with E-state index in [0.717, 1.165) is 5.56 Å². The van der Waals surface area contributed by atoms with Crippen LogP contribution in [0.25, 0.3) is 0 Å². The van der Waals surface area contributed by atoms with Crippen LogP contribution >= 0.6 is 0 Å². The normalized spacial score (nSPS) is 9.89. The molecule has 19 heavy (non-hydrogen) atoms. The monoisotopic (exact) mass is 257 g/mol. The van der Waals surface area contributed by atoms with Crippen LogP contribution in [-0.4, -0.2) is 27.0 Å². The van der Waals surface area contributed by atoms with Crippen LogP contribution in [0.3, 0.4) is 0 Å². The number of aromatic carboxylic acids is 1. The van der Waals surface area contributed by atoms with Gasteiger partial charge in [0.25, 0.3) is 5.91 Å².